The van der Waals surface area contributed by atoms with Crippen LogP contribution in [0.5, 0.6) is 0 Å². The standard InChI is InChI=1S/C17H25N3S.HI/c1-17(8-5-9-21-17)12-20-16(18-2)19-11-14-10-13-6-3-4-7-15(13)14;/h3-4,6-7,14H,5,8-12H2,1-2H3,(H2,18,19,20);1H. The van der Waals surface area contributed by atoms with Gasteiger partial charge < -0.3 is 10.6 Å². The van der Waals surface area contributed by atoms with Crippen LogP contribution in [0.3, 0.4) is 0 Å². The topological polar surface area (TPSA) is 36.4 Å². The fourth-order valence-corrected chi connectivity index (χ4v) is 4.48. The van der Waals surface area contributed by atoms with E-state index in [0.717, 1.165) is 19.0 Å². The van der Waals surface area contributed by atoms with Crippen LogP contribution < -0.4 is 10.6 Å². The lowest BCUT2D eigenvalue weighted by Crippen LogP contribution is -2.45. The molecule has 1 aromatic rings. The number of hydrogen-bond acceptors (Lipinski definition) is 2. The van der Waals surface area contributed by atoms with Crippen molar-refractivity contribution in [1.82, 2.24) is 10.6 Å². The zero-order valence-corrected chi connectivity index (χ0v) is 16.5. The molecule has 3 nitrogen and oxygen atoms in total. The number of rotatable bonds is 4. The van der Waals surface area contributed by atoms with Crippen molar-refractivity contribution in [2.75, 3.05) is 25.9 Å². The Morgan fingerprint density at radius 3 is 2.86 bits per heavy atom. The molecule has 0 aromatic heterocycles. The average Bonchev–Trinajstić information content (AvgIpc) is 2.90. The molecule has 0 amide bonds. The third kappa shape index (κ3) is 4.10. The number of thioether (sulfide) groups is 1. The largest absolute Gasteiger partial charge is 0.356 e. The third-order valence-electron chi connectivity index (χ3n) is 4.63. The molecule has 5 heteroatoms. The zero-order chi connectivity index (χ0) is 14.7. The first kappa shape index (κ1) is 17.9. The lowest BCUT2D eigenvalue weighted by Gasteiger charge is -2.31. The predicted octanol–water partition coefficient (Wildman–Crippen LogP) is 3.40. The molecule has 0 radical (unpaired) electrons. The van der Waals surface area contributed by atoms with Crippen molar-refractivity contribution in [3.63, 3.8) is 0 Å². The highest BCUT2D eigenvalue weighted by Gasteiger charge is 2.30. The van der Waals surface area contributed by atoms with Gasteiger partial charge in [-0.1, -0.05) is 24.3 Å². The van der Waals surface area contributed by atoms with Gasteiger partial charge in [-0.25, -0.2) is 0 Å². The molecule has 2 atom stereocenters. The van der Waals surface area contributed by atoms with Gasteiger partial charge in [-0.15, -0.1) is 24.0 Å². The summed E-state index contributed by atoms with van der Waals surface area (Å²) in [5.74, 6) is 2.87. The first-order chi connectivity index (χ1) is 10.2. The summed E-state index contributed by atoms with van der Waals surface area (Å²) in [5, 5.41) is 6.98. The van der Waals surface area contributed by atoms with E-state index in [1.807, 2.05) is 7.05 Å². The van der Waals surface area contributed by atoms with Crippen LogP contribution in [-0.2, 0) is 6.42 Å². The van der Waals surface area contributed by atoms with Crippen LogP contribution >= 0.6 is 35.7 Å². The van der Waals surface area contributed by atoms with Crippen LogP contribution in [0.4, 0.5) is 0 Å². The normalized spacial score (nSPS) is 26.6. The van der Waals surface area contributed by atoms with Crippen LogP contribution in [0.25, 0.3) is 0 Å². The summed E-state index contributed by atoms with van der Waals surface area (Å²) in [6, 6.07) is 8.74. The monoisotopic (exact) mass is 431 g/mol. The number of hydrogen-bond donors (Lipinski definition) is 2. The molecule has 2 N–H and O–H groups in total. The fourth-order valence-electron chi connectivity index (χ4n) is 3.23. The maximum Gasteiger partial charge on any atom is 0.191 e. The lowest BCUT2D eigenvalue weighted by molar-refractivity contribution is 0.564. The predicted molar refractivity (Wildman–Crippen MR) is 108 cm³/mol. The molecule has 2 unspecified atom stereocenters. The molecular weight excluding hydrogens is 405 g/mol. The highest BCUT2D eigenvalue weighted by Crippen LogP contribution is 2.37. The Hall–Kier alpha value is -0.430. The van der Waals surface area contributed by atoms with Crippen molar-refractivity contribution in [2.24, 2.45) is 4.99 Å². The molecule has 0 bridgehead atoms. The van der Waals surface area contributed by atoms with Crippen molar-refractivity contribution in [3.8, 4) is 0 Å². The van der Waals surface area contributed by atoms with Gasteiger partial charge in [-0.3, -0.25) is 4.99 Å². The summed E-state index contributed by atoms with van der Waals surface area (Å²) >= 11 is 2.08. The van der Waals surface area contributed by atoms with Crippen molar-refractivity contribution in [2.45, 2.75) is 36.9 Å². The van der Waals surface area contributed by atoms with E-state index < -0.39 is 0 Å². The van der Waals surface area contributed by atoms with Gasteiger partial charge in [0.1, 0.15) is 0 Å². The molecule has 1 heterocycles. The second kappa shape index (κ2) is 7.90. The number of halogens is 1. The summed E-state index contributed by atoms with van der Waals surface area (Å²) in [4.78, 5) is 4.35. The Bertz CT molecular complexity index is 526. The van der Waals surface area contributed by atoms with E-state index in [1.165, 1.54) is 36.1 Å². The molecule has 22 heavy (non-hydrogen) atoms. The minimum absolute atomic E-state index is 0. The highest BCUT2D eigenvalue weighted by atomic mass is 127. The molecule has 1 aromatic carbocycles. The second-order valence-corrected chi connectivity index (χ2v) is 7.99. The summed E-state index contributed by atoms with van der Waals surface area (Å²) in [6.45, 7) is 4.33. The van der Waals surface area contributed by atoms with Crippen molar-refractivity contribution >= 4 is 41.7 Å². The third-order valence-corrected chi connectivity index (χ3v) is 6.17. The molecule has 122 valence electrons. The van der Waals surface area contributed by atoms with E-state index in [0.29, 0.717) is 10.7 Å². The minimum atomic E-state index is 0. The van der Waals surface area contributed by atoms with Gasteiger partial charge in [0, 0.05) is 30.8 Å². The maximum absolute atomic E-state index is 4.35. The maximum atomic E-state index is 4.35. The number of benzene rings is 1. The Morgan fingerprint density at radius 1 is 1.36 bits per heavy atom. The quantitative estimate of drug-likeness (QED) is 0.436. The highest BCUT2D eigenvalue weighted by molar-refractivity contribution is 14.0. The SMILES string of the molecule is CN=C(NCC1Cc2ccccc21)NCC1(C)CCCS1.I. The summed E-state index contributed by atoms with van der Waals surface area (Å²) in [5.41, 5.74) is 3.00. The van der Waals surface area contributed by atoms with E-state index in [2.05, 4.69) is 58.6 Å². The molecule has 2 aliphatic rings. The van der Waals surface area contributed by atoms with E-state index in [-0.39, 0.29) is 24.0 Å². The van der Waals surface area contributed by atoms with Gasteiger partial charge in [0.15, 0.2) is 5.96 Å². The van der Waals surface area contributed by atoms with Crippen LogP contribution in [0, 0.1) is 0 Å². The van der Waals surface area contributed by atoms with E-state index in [9.17, 15) is 0 Å². The molecule has 1 aliphatic carbocycles. The molecule has 1 saturated heterocycles. The second-order valence-electron chi connectivity index (χ2n) is 6.31. The summed E-state index contributed by atoms with van der Waals surface area (Å²) in [7, 11) is 1.86. The zero-order valence-electron chi connectivity index (χ0n) is 13.4. The number of nitrogens with zero attached hydrogens (tertiary/aromatic N) is 1. The Labute approximate surface area is 155 Å². The van der Waals surface area contributed by atoms with Crippen molar-refractivity contribution in [3.05, 3.63) is 35.4 Å². The Kier molecular flexibility index (Phi) is 6.44. The lowest BCUT2D eigenvalue weighted by atomic mass is 9.78. The van der Waals surface area contributed by atoms with E-state index in [4.69, 9.17) is 0 Å². The minimum Gasteiger partial charge on any atom is -0.356 e. The molecule has 1 fully saturated rings. The van der Waals surface area contributed by atoms with Gasteiger partial charge in [0.2, 0.25) is 0 Å². The average molecular weight is 431 g/mol. The van der Waals surface area contributed by atoms with Crippen LogP contribution in [0.1, 0.15) is 36.8 Å². The van der Waals surface area contributed by atoms with Crippen molar-refractivity contribution < 1.29 is 0 Å². The molecule has 1 aliphatic heterocycles. The number of guanidine groups is 1. The van der Waals surface area contributed by atoms with Gasteiger partial charge >= 0.3 is 0 Å². The van der Waals surface area contributed by atoms with E-state index >= 15 is 0 Å². The van der Waals surface area contributed by atoms with Gasteiger partial charge in [0.25, 0.3) is 0 Å². The fraction of sp³-hybridized carbons (Fsp3) is 0.588. The van der Waals surface area contributed by atoms with Gasteiger partial charge in [-0.2, -0.15) is 11.8 Å². The molecule has 0 spiro atoms. The Balaban J connectivity index is 0.00000176. The van der Waals surface area contributed by atoms with Gasteiger partial charge in [0.05, 0.1) is 0 Å². The number of nitrogens with one attached hydrogen (secondary N) is 2. The van der Waals surface area contributed by atoms with Crippen LogP contribution in [0.2, 0.25) is 0 Å². The van der Waals surface area contributed by atoms with E-state index in [1.54, 1.807) is 0 Å². The first-order valence-corrected chi connectivity index (χ1v) is 8.85. The summed E-state index contributed by atoms with van der Waals surface area (Å²) in [6.07, 6.45) is 3.83. The molecule has 3 rings (SSSR count). The van der Waals surface area contributed by atoms with Gasteiger partial charge in [-0.05, 0) is 43.1 Å². The molecular formula is C17H26IN3S. The van der Waals surface area contributed by atoms with Crippen molar-refractivity contribution in [1.29, 1.82) is 0 Å². The van der Waals surface area contributed by atoms with Crippen LogP contribution in [0.15, 0.2) is 29.3 Å². The smallest absolute Gasteiger partial charge is 0.191 e. The number of fused-ring (bicyclic) bond motifs is 1. The summed E-state index contributed by atoms with van der Waals surface area (Å²) < 4.78 is 0.376. The first-order valence-electron chi connectivity index (χ1n) is 7.86. The Morgan fingerprint density at radius 2 is 2.18 bits per heavy atom. The molecule has 0 saturated carbocycles. The number of aliphatic imine (C=N–C) groups is 1. The van der Waals surface area contributed by atoms with Crippen LogP contribution in [-0.4, -0.2) is 36.6 Å².